The van der Waals surface area contributed by atoms with Crippen LogP contribution in [0.2, 0.25) is 0 Å². The van der Waals surface area contributed by atoms with E-state index in [0.29, 0.717) is 13.0 Å². The van der Waals surface area contributed by atoms with E-state index in [1.807, 2.05) is 36.5 Å². The standard InChI is InChI=1S/C21H21FN2O/c1-14-18(9-6-16-3-2-11-24-21(14)16)15-4-7-17(8-5-15)25-20-10-12-23-13-19(20)22/h2-9,11,19-20,23H,10,12-13H2,1H3/t19-,20-/m0/s1. The number of piperidine rings is 1. The summed E-state index contributed by atoms with van der Waals surface area (Å²) < 4.78 is 19.7. The fourth-order valence-electron chi connectivity index (χ4n) is 3.42. The van der Waals surface area contributed by atoms with Gasteiger partial charge >= 0.3 is 0 Å². The van der Waals surface area contributed by atoms with Crippen LogP contribution in [-0.2, 0) is 0 Å². The summed E-state index contributed by atoms with van der Waals surface area (Å²) in [5.74, 6) is 0.717. The maximum absolute atomic E-state index is 13.9. The van der Waals surface area contributed by atoms with E-state index in [2.05, 4.69) is 35.4 Å². The van der Waals surface area contributed by atoms with E-state index in [-0.39, 0.29) is 6.10 Å². The Balaban J connectivity index is 1.59. The van der Waals surface area contributed by atoms with Crippen molar-refractivity contribution in [1.29, 1.82) is 0 Å². The molecule has 1 saturated heterocycles. The highest BCUT2D eigenvalue weighted by atomic mass is 19.1. The summed E-state index contributed by atoms with van der Waals surface area (Å²) in [6.45, 7) is 3.26. The van der Waals surface area contributed by atoms with E-state index in [4.69, 9.17) is 4.74 Å². The van der Waals surface area contributed by atoms with Crippen molar-refractivity contribution in [2.24, 2.45) is 0 Å². The molecule has 0 spiro atoms. The van der Waals surface area contributed by atoms with Crippen LogP contribution in [0.4, 0.5) is 4.39 Å². The third-order valence-corrected chi connectivity index (χ3v) is 4.83. The molecule has 2 heterocycles. The Labute approximate surface area is 146 Å². The Hall–Kier alpha value is -2.46. The number of benzene rings is 2. The molecule has 1 N–H and O–H groups in total. The largest absolute Gasteiger partial charge is 0.487 e. The predicted molar refractivity (Wildman–Crippen MR) is 98.7 cm³/mol. The summed E-state index contributed by atoms with van der Waals surface area (Å²) in [5.41, 5.74) is 4.45. The van der Waals surface area contributed by atoms with Crippen LogP contribution < -0.4 is 10.1 Å². The third-order valence-electron chi connectivity index (χ3n) is 4.83. The SMILES string of the molecule is Cc1c(-c2ccc(O[C@H]3CCNC[C@@H]3F)cc2)ccc2cccnc12. The van der Waals surface area contributed by atoms with Crippen LogP contribution in [0, 0.1) is 6.92 Å². The molecule has 2 aromatic carbocycles. The molecule has 1 aromatic heterocycles. The van der Waals surface area contributed by atoms with Gasteiger partial charge in [-0.1, -0.05) is 30.3 Å². The van der Waals surface area contributed by atoms with E-state index < -0.39 is 6.17 Å². The quantitative estimate of drug-likeness (QED) is 0.775. The summed E-state index contributed by atoms with van der Waals surface area (Å²) in [7, 11) is 0. The van der Waals surface area contributed by atoms with Crippen molar-refractivity contribution in [1.82, 2.24) is 10.3 Å². The molecule has 0 unspecified atom stereocenters. The Morgan fingerprint density at radius 3 is 2.76 bits per heavy atom. The number of hydrogen-bond donors (Lipinski definition) is 1. The van der Waals surface area contributed by atoms with Gasteiger partial charge in [0, 0.05) is 18.1 Å². The second kappa shape index (κ2) is 6.81. The van der Waals surface area contributed by atoms with Crippen molar-refractivity contribution < 1.29 is 9.13 Å². The van der Waals surface area contributed by atoms with Gasteiger partial charge in [-0.2, -0.15) is 0 Å². The monoisotopic (exact) mass is 336 g/mol. The lowest BCUT2D eigenvalue weighted by Crippen LogP contribution is -2.44. The van der Waals surface area contributed by atoms with Crippen molar-refractivity contribution >= 4 is 10.9 Å². The van der Waals surface area contributed by atoms with Gasteiger partial charge < -0.3 is 10.1 Å². The van der Waals surface area contributed by atoms with Gasteiger partial charge in [0.25, 0.3) is 0 Å². The highest BCUT2D eigenvalue weighted by Gasteiger charge is 2.26. The van der Waals surface area contributed by atoms with Gasteiger partial charge in [-0.15, -0.1) is 0 Å². The highest BCUT2D eigenvalue weighted by Crippen LogP contribution is 2.30. The molecule has 0 bridgehead atoms. The van der Waals surface area contributed by atoms with Crippen molar-refractivity contribution in [2.75, 3.05) is 13.1 Å². The normalized spacial score (nSPS) is 20.6. The number of aryl methyl sites for hydroxylation is 1. The smallest absolute Gasteiger partial charge is 0.149 e. The van der Waals surface area contributed by atoms with E-state index in [1.54, 1.807) is 0 Å². The van der Waals surface area contributed by atoms with E-state index in [9.17, 15) is 4.39 Å². The Morgan fingerprint density at radius 2 is 1.96 bits per heavy atom. The van der Waals surface area contributed by atoms with Crippen molar-refractivity contribution in [2.45, 2.75) is 25.6 Å². The third kappa shape index (κ3) is 3.22. The summed E-state index contributed by atoms with van der Waals surface area (Å²) in [6, 6.07) is 16.1. The minimum Gasteiger partial charge on any atom is -0.487 e. The molecule has 2 atom stereocenters. The van der Waals surface area contributed by atoms with Crippen LogP contribution in [0.1, 0.15) is 12.0 Å². The molecular formula is C21H21FN2O. The van der Waals surface area contributed by atoms with Gasteiger partial charge in [0.1, 0.15) is 18.0 Å². The van der Waals surface area contributed by atoms with Gasteiger partial charge in [0.2, 0.25) is 0 Å². The molecule has 25 heavy (non-hydrogen) atoms. The second-order valence-electron chi connectivity index (χ2n) is 6.50. The molecule has 0 amide bonds. The first-order valence-corrected chi connectivity index (χ1v) is 8.68. The van der Waals surface area contributed by atoms with Crippen LogP contribution in [0.5, 0.6) is 5.75 Å². The molecule has 0 saturated carbocycles. The summed E-state index contributed by atoms with van der Waals surface area (Å²) in [4.78, 5) is 4.50. The number of pyridine rings is 1. The number of ether oxygens (including phenoxy) is 1. The van der Waals surface area contributed by atoms with E-state index in [0.717, 1.165) is 39.9 Å². The van der Waals surface area contributed by atoms with Gasteiger partial charge in [0.15, 0.2) is 0 Å². The van der Waals surface area contributed by atoms with Crippen LogP contribution in [0.15, 0.2) is 54.7 Å². The van der Waals surface area contributed by atoms with Crippen LogP contribution in [0.25, 0.3) is 22.0 Å². The zero-order valence-corrected chi connectivity index (χ0v) is 14.2. The second-order valence-corrected chi connectivity index (χ2v) is 6.50. The fourth-order valence-corrected chi connectivity index (χ4v) is 3.42. The van der Waals surface area contributed by atoms with Crippen molar-refractivity contribution in [3.63, 3.8) is 0 Å². The van der Waals surface area contributed by atoms with Crippen LogP contribution >= 0.6 is 0 Å². The molecule has 1 aliphatic rings. The molecule has 128 valence electrons. The first-order valence-electron chi connectivity index (χ1n) is 8.68. The number of hydrogen-bond acceptors (Lipinski definition) is 3. The highest BCUT2D eigenvalue weighted by molar-refractivity contribution is 5.88. The summed E-state index contributed by atoms with van der Waals surface area (Å²) in [5, 5.41) is 4.18. The average molecular weight is 336 g/mol. The zero-order valence-electron chi connectivity index (χ0n) is 14.2. The first kappa shape index (κ1) is 16.0. The van der Waals surface area contributed by atoms with Crippen LogP contribution in [-0.4, -0.2) is 30.3 Å². The lowest BCUT2D eigenvalue weighted by atomic mass is 9.98. The number of nitrogens with one attached hydrogen (secondary N) is 1. The molecule has 4 heteroatoms. The maximum Gasteiger partial charge on any atom is 0.149 e. The lowest BCUT2D eigenvalue weighted by molar-refractivity contribution is 0.0732. The number of alkyl halides is 1. The van der Waals surface area contributed by atoms with Gasteiger partial charge in [-0.3, -0.25) is 4.98 Å². The summed E-state index contributed by atoms with van der Waals surface area (Å²) >= 11 is 0. The Kier molecular flexibility index (Phi) is 4.36. The van der Waals surface area contributed by atoms with Crippen molar-refractivity contribution in [3.05, 3.63) is 60.3 Å². The summed E-state index contributed by atoms with van der Waals surface area (Å²) in [6.07, 6.45) is 1.20. The van der Waals surface area contributed by atoms with Gasteiger partial charge in [0.05, 0.1) is 5.52 Å². The van der Waals surface area contributed by atoms with Gasteiger partial charge in [-0.25, -0.2) is 4.39 Å². The number of rotatable bonds is 3. The fraction of sp³-hybridized carbons (Fsp3) is 0.286. The lowest BCUT2D eigenvalue weighted by Gasteiger charge is -2.27. The van der Waals surface area contributed by atoms with E-state index in [1.165, 1.54) is 0 Å². The Bertz CT molecular complexity index is 879. The molecule has 3 nitrogen and oxygen atoms in total. The molecule has 1 fully saturated rings. The molecule has 1 aliphatic heterocycles. The predicted octanol–water partition coefficient (Wildman–Crippen LogP) is 4.29. The molecule has 3 aromatic rings. The van der Waals surface area contributed by atoms with E-state index >= 15 is 0 Å². The molecule has 0 radical (unpaired) electrons. The Morgan fingerprint density at radius 1 is 1.12 bits per heavy atom. The molecular weight excluding hydrogens is 315 g/mol. The molecule has 4 rings (SSSR count). The minimum atomic E-state index is -0.956. The van der Waals surface area contributed by atoms with Gasteiger partial charge in [-0.05, 0) is 54.8 Å². The maximum atomic E-state index is 13.9. The average Bonchev–Trinajstić information content (AvgIpc) is 2.65. The van der Waals surface area contributed by atoms with Crippen molar-refractivity contribution in [3.8, 4) is 16.9 Å². The number of fused-ring (bicyclic) bond motifs is 1. The topological polar surface area (TPSA) is 34.1 Å². The number of nitrogens with zero attached hydrogens (tertiary/aromatic N) is 1. The first-order chi connectivity index (χ1) is 12.2. The van der Waals surface area contributed by atoms with Crippen LogP contribution in [0.3, 0.4) is 0 Å². The zero-order chi connectivity index (χ0) is 17.2. The number of aromatic nitrogens is 1. The minimum absolute atomic E-state index is 0.362. The molecule has 0 aliphatic carbocycles. The number of halogens is 1.